The van der Waals surface area contributed by atoms with Gasteiger partial charge in [0.15, 0.2) is 0 Å². The van der Waals surface area contributed by atoms with Gasteiger partial charge in [0.2, 0.25) is 11.1 Å². The molecular weight excluding hydrogens is 302 g/mol. The molecule has 0 spiro atoms. The van der Waals surface area contributed by atoms with Crippen LogP contribution in [0.1, 0.15) is 45.4 Å². The van der Waals surface area contributed by atoms with Crippen LogP contribution in [0.25, 0.3) is 0 Å². The smallest absolute Gasteiger partial charge is 0.321 e. The first-order valence-electron chi connectivity index (χ1n) is 7.67. The second kappa shape index (κ2) is 8.17. The van der Waals surface area contributed by atoms with Gasteiger partial charge in [-0.15, -0.1) is 5.10 Å². The van der Waals surface area contributed by atoms with E-state index < -0.39 is 6.03 Å². The Morgan fingerprint density at radius 2 is 2.09 bits per heavy atom. The summed E-state index contributed by atoms with van der Waals surface area (Å²) in [6, 6.07) is -0.482. The van der Waals surface area contributed by atoms with Gasteiger partial charge in [0, 0.05) is 12.5 Å². The topological polar surface area (TPSA) is 99.8 Å². The van der Waals surface area contributed by atoms with Crippen LogP contribution in [0.2, 0.25) is 0 Å². The van der Waals surface area contributed by atoms with Gasteiger partial charge in [-0.05, 0) is 19.8 Å². The van der Waals surface area contributed by atoms with Gasteiger partial charge >= 0.3 is 6.03 Å². The summed E-state index contributed by atoms with van der Waals surface area (Å²) in [6.45, 7) is 3.66. The van der Waals surface area contributed by atoms with Crippen LogP contribution in [-0.2, 0) is 11.2 Å². The van der Waals surface area contributed by atoms with Crippen LogP contribution in [0.5, 0.6) is 0 Å². The Morgan fingerprint density at radius 3 is 2.77 bits per heavy atom. The number of hydrogen-bond acceptors (Lipinski definition) is 5. The molecule has 0 atom stereocenters. The molecule has 1 aliphatic carbocycles. The number of carbonyl (C=O) groups is 2. The van der Waals surface area contributed by atoms with Crippen LogP contribution < -0.4 is 10.6 Å². The fourth-order valence-electron chi connectivity index (χ4n) is 2.51. The molecule has 1 aromatic rings. The van der Waals surface area contributed by atoms with Crippen molar-refractivity contribution >= 4 is 23.7 Å². The number of aromatic amines is 1. The number of H-pyrrole nitrogens is 1. The Kier molecular flexibility index (Phi) is 6.23. The fourth-order valence-corrected chi connectivity index (χ4v) is 3.13. The summed E-state index contributed by atoms with van der Waals surface area (Å²) in [7, 11) is 0. The van der Waals surface area contributed by atoms with Gasteiger partial charge in [-0.2, -0.15) is 0 Å². The van der Waals surface area contributed by atoms with E-state index in [-0.39, 0.29) is 17.7 Å². The number of nitrogens with zero attached hydrogens (tertiary/aromatic N) is 2. The number of nitrogens with one attached hydrogen (secondary N) is 3. The lowest BCUT2D eigenvalue weighted by molar-refractivity contribution is -0.117. The van der Waals surface area contributed by atoms with Gasteiger partial charge in [0.1, 0.15) is 5.82 Å². The molecule has 8 heteroatoms. The third kappa shape index (κ3) is 5.67. The Morgan fingerprint density at radius 1 is 1.36 bits per heavy atom. The van der Waals surface area contributed by atoms with Crippen molar-refractivity contribution in [3.8, 4) is 0 Å². The lowest BCUT2D eigenvalue weighted by Gasteiger charge is -2.08. The van der Waals surface area contributed by atoms with Crippen LogP contribution >= 0.6 is 11.8 Å². The molecule has 122 valence electrons. The van der Waals surface area contributed by atoms with Crippen molar-refractivity contribution in [2.24, 2.45) is 5.92 Å². The van der Waals surface area contributed by atoms with Crippen molar-refractivity contribution in [2.75, 3.05) is 5.75 Å². The zero-order valence-electron chi connectivity index (χ0n) is 13.0. The highest BCUT2D eigenvalue weighted by Crippen LogP contribution is 2.27. The zero-order chi connectivity index (χ0) is 15.9. The Hall–Kier alpha value is -1.57. The van der Waals surface area contributed by atoms with Crippen molar-refractivity contribution in [2.45, 2.75) is 57.1 Å². The Labute approximate surface area is 134 Å². The lowest BCUT2D eigenvalue weighted by Crippen LogP contribution is -2.43. The van der Waals surface area contributed by atoms with Crippen LogP contribution in [0.15, 0.2) is 5.16 Å². The molecule has 0 radical (unpaired) electrons. The van der Waals surface area contributed by atoms with E-state index in [2.05, 4.69) is 25.8 Å². The third-order valence-electron chi connectivity index (χ3n) is 3.47. The van der Waals surface area contributed by atoms with Gasteiger partial charge in [0.05, 0.1) is 5.75 Å². The largest absolute Gasteiger partial charge is 0.336 e. The molecule has 3 N–H and O–H groups in total. The van der Waals surface area contributed by atoms with Gasteiger partial charge in [-0.3, -0.25) is 15.2 Å². The monoisotopic (exact) mass is 325 g/mol. The van der Waals surface area contributed by atoms with Gasteiger partial charge in [-0.25, -0.2) is 9.78 Å². The second-order valence-corrected chi connectivity index (χ2v) is 6.83. The SMILES string of the molecule is CC(C)NC(=O)NC(=O)CSc1n[nH]c(CC2CCCC2)n1. The summed E-state index contributed by atoms with van der Waals surface area (Å²) < 4.78 is 0. The van der Waals surface area contributed by atoms with E-state index in [0.29, 0.717) is 11.1 Å². The van der Waals surface area contributed by atoms with Gasteiger partial charge in [-0.1, -0.05) is 37.4 Å². The van der Waals surface area contributed by atoms with Crippen molar-refractivity contribution < 1.29 is 9.59 Å². The first kappa shape index (κ1) is 16.8. The summed E-state index contributed by atoms with van der Waals surface area (Å²) in [6.07, 6.45) is 6.06. The Bertz CT molecular complexity index is 511. The molecule has 0 aromatic carbocycles. The van der Waals surface area contributed by atoms with Gasteiger partial charge < -0.3 is 5.32 Å². The van der Waals surface area contributed by atoms with Crippen LogP contribution in [-0.4, -0.2) is 38.9 Å². The normalized spacial score (nSPS) is 15.2. The van der Waals surface area contributed by atoms with Crippen molar-refractivity contribution in [3.63, 3.8) is 0 Å². The number of hydrogen-bond donors (Lipinski definition) is 3. The standard InChI is InChI=1S/C14H23N5O2S/c1-9(2)15-13(21)17-12(20)8-22-14-16-11(18-19-14)7-10-5-3-4-6-10/h9-10H,3-8H2,1-2H3,(H,16,18,19)(H2,15,17,20,21). The maximum absolute atomic E-state index is 11.6. The fraction of sp³-hybridized carbons (Fsp3) is 0.714. The minimum atomic E-state index is -0.475. The summed E-state index contributed by atoms with van der Waals surface area (Å²) >= 11 is 1.22. The molecule has 2 rings (SSSR count). The minimum Gasteiger partial charge on any atom is -0.336 e. The predicted molar refractivity (Wildman–Crippen MR) is 84.6 cm³/mol. The summed E-state index contributed by atoms with van der Waals surface area (Å²) in [4.78, 5) is 27.4. The molecule has 1 fully saturated rings. The summed E-state index contributed by atoms with van der Waals surface area (Å²) in [5, 5.41) is 12.5. The summed E-state index contributed by atoms with van der Waals surface area (Å²) in [5.74, 6) is 1.35. The third-order valence-corrected chi connectivity index (χ3v) is 4.32. The van der Waals surface area contributed by atoms with Crippen LogP contribution in [0.4, 0.5) is 4.79 Å². The molecule has 0 saturated heterocycles. The average molecular weight is 325 g/mol. The van der Waals surface area contributed by atoms with E-state index >= 15 is 0 Å². The van der Waals surface area contributed by atoms with Crippen LogP contribution in [0, 0.1) is 5.92 Å². The molecule has 0 aliphatic heterocycles. The van der Waals surface area contributed by atoms with Crippen LogP contribution in [0.3, 0.4) is 0 Å². The Balaban J connectivity index is 1.71. The number of carbonyl (C=O) groups excluding carboxylic acids is 2. The first-order valence-corrected chi connectivity index (χ1v) is 8.66. The number of thioether (sulfide) groups is 1. The maximum atomic E-state index is 11.6. The maximum Gasteiger partial charge on any atom is 0.321 e. The minimum absolute atomic E-state index is 0.00777. The van der Waals surface area contributed by atoms with E-state index in [4.69, 9.17) is 0 Å². The van der Waals surface area contributed by atoms with E-state index in [1.54, 1.807) is 0 Å². The second-order valence-electron chi connectivity index (χ2n) is 5.88. The summed E-state index contributed by atoms with van der Waals surface area (Å²) in [5.41, 5.74) is 0. The zero-order valence-corrected chi connectivity index (χ0v) is 13.8. The van der Waals surface area contributed by atoms with E-state index in [0.717, 1.165) is 12.2 Å². The molecule has 1 heterocycles. The molecule has 0 bridgehead atoms. The molecule has 1 aromatic heterocycles. The van der Waals surface area contributed by atoms with E-state index in [1.165, 1.54) is 37.4 Å². The van der Waals surface area contributed by atoms with Gasteiger partial charge in [0.25, 0.3) is 0 Å². The molecule has 22 heavy (non-hydrogen) atoms. The highest BCUT2D eigenvalue weighted by Gasteiger charge is 2.17. The highest BCUT2D eigenvalue weighted by atomic mass is 32.2. The lowest BCUT2D eigenvalue weighted by atomic mass is 10.0. The van der Waals surface area contributed by atoms with Crippen molar-refractivity contribution in [3.05, 3.63) is 5.82 Å². The molecule has 0 unspecified atom stereocenters. The number of imide groups is 1. The predicted octanol–water partition coefficient (Wildman–Crippen LogP) is 1.86. The van der Waals surface area contributed by atoms with Crippen molar-refractivity contribution in [1.29, 1.82) is 0 Å². The average Bonchev–Trinajstić information content (AvgIpc) is 3.07. The number of urea groups is 1. The molecule has 1 aliphatic rings. The first-order chi connectivity index (χ1) is 10.5. The number of rotatable bonds is 6. The number of aromatic nitrogens is 3. The molecule has 3 amide bonds. The number of amides is 3. The van der Waals surface area contributed by atoms with Crippen molar-refractivity contribution in [1.82, 2.24) is 25.8 Å². The van der Waals surface area contributed by atoms with E-state index in [9.17, 15) is 9.59 Å². The quantitative estimate of drug-likeness (QED) is 0.693. The molecular formula is C14H23N5O2S. The highest BCUT2D eigenvalue weighted by molar-refractivity contribution is 7.99. The van der Waals surface area contributed by atoms with E-state index in [1.807, 2.05) is 13.8 Å². The molecule has 1 saturated carbocycles. The molecule has 7 nitrogen and oxygen atoms in total.